The molecule has 0 bridgehead atoms. The number of hydrogen-bond donors (Lipinski definition) is 0. The zero-order chi connectivity index (χ0) is 12.5. The van der Waals surface area contributed by atoms with Crippen LogP contribution in [0, 0.1) is 0 Å². The van der Waals surface area contributed by atoms with Crippen LogP contribution in [-0.4, -0.2) is 0 Å². The van der Waals surface area contributed by atoms with Gasteiger partial charge < -0.3 is 0 Å². The molecule has 0 aliphatic heterocycles. The molecule has 2 aromatic rings. The molecule has 3 rings (SSSR count). The highest BCUT2D eigenvalue weighted by atomic mass is 15.1. The molecule has 0 unspecified atom stereocenters. The maximum Gasteiger partial charge on any atom is 0.0381 e. The zero-order valence-corrected chi connectivity index (χ0v) is 9.15. The summed E-state index contributed by atoms with van der Waals surface area (Å²) >= 11 is 0. The third-order valence-corrected chi connectivity index (χ3v) is 2.91. The highest BCUT2D eigenvalue weighted by Gasteiger charge is 2.22. The highest BCUT2D eigenvalue weighted by molar-refractivity contribution is 6.04. The van der Waals surface area contributed by atoms with Crippen LogP contribution in [-0.2, 0) is 0 Å². The molecule has 0 saturated heterocycles. The molecule has 6 heteroatoms. The third kappa shape index (κ3) is 1.38. The van der Waals surface area contributed by atoms with Gasteiger partial charge in [0.25, 0.3) is 0 Å². The maximum atomic E-state index is 8.40. The lowest BCUT2D eigenvalue weighted by atomic mass is 9.80. The Labute approximate surface area is 102 Å². The van der Waals surface area contributed by atoms with Crippen molar-refractivity contribution in [3.63, 3.8) is 0 Å². The quantitative estimate of drug-likeness (QED) is 0.330. The molecule has 0 saturated carbocycles. The van der Waals surface area contributed by atoms with E-state index in [0.29, 0.717) is 11.4 Å². The molecule has 0 aromatic heterocycles. The molecule has 1 aliphatic rings. The lowest BCUT2D eigenvalue weighted by Gasteiger charge is -2.24. The van der Waals surface area contributed by atoms with Crippen molar-refractivity contribution in [1.29, 1.82) is 0 Å². The Balaban J connectivity index is 2.11. The topological polar surface area (TPSA) is 97.5 Å². The van der Waals surface area contributed by atoms with E-state index in [2.05, 4.69) is 20.1 Å². The summed E-state index contributed by atoms with van der Waals surface area (Å²) in [5.74, 6) is 0. The lowest BCUT2D eigenvalue weighted by molar-refractivity contribution is 1.42. The molecule has 84 valence electrons. The van der Waals surface area contributed by atoms with Gasteiger partial charge in [-0.1, -0.05) is 34.5 Å². The van der Waals surface area contributed by atoms with Crippen LogP contribution in [0.25, 0.3) is 43.1 Å². The smallest absolute Gasteiger partial charge is 0.0381 e. The van der Waals surface area contributed by atoms with Crippen molar-refractivity contribution < 1.29 is 0 Å². The average Bonchev–Trinajstić information content (AvgIpc) is 2.38. The van der Waals surface area contributed by atoms with E-state index in [4.69, 9.17) is 11.1 Å². The fraction of sp³-hybridized carbons (Fsp3) is 0. The summed E-state index contributed by atoms with van der Waals surface area (Å²) in [7, 11) is 0. The van der Waals surface area contributed by atoms with Crippen molar-refractivity contribution in [2.45, 2.75) is 0 Å². The minimum Gasteiger partial charge on any atom is -0.0608 e. The van der Waals surface area contributed by atoms with E-state index in [1.165, 1.54) is 0 Å². The van der Waals surface area contributed by atoms with Crippen LogP contribution in [0.3, 0.4) is 0 Å². The van der Waals surface area contributed by atoms with Crippen LogP contribution < -0.4 is 0 Å². The Bertz CT molecular complexity index is 671. The Morgan fingerprint density at radius 2 is 1.11 bits per heavy atom. The van der Waals surface area contributed by atoms with E-state index in [9.17, 15) is 0 Å². The van der Waals surface area contributed by atoms with E-state index in [1.807, 2.05) is 24.3 Å². The molecule has 0 fully saturated rings. The Hall–Kier alpha value is -2.94. The molecule has 0 radical (unpaired) electrons. The molecule has 6 nitrogen and oxygen atoms in total. The number of azide groups is 2. The van der Waals surface area contributed by atoms with Crippen LogP contribution in [0.5, 0.6) is 0 Å². The molecular formula is C12H6N6. The molecule has 0 amide bonds. The maximum absolute atomic E-state index is 8.40. The monoisotopic (exact) mass is 234 g/mol. The number of fused-ring (bicyclic) bond motifs is 4. The summed E-state index contributed by atoms with van der Waals surface area (Å²) in [6.45, 7) is 0. The number of hydrogen-bond acceptors (Lipinski definition) is 2. The molecule has 0 N–H and O–H groups in total. The van der Waals surface area contributed by atoms with E-state index in [-0.39, 0.29) is 0 Å². The summed E-state index contributed by atoms with van der Waals surface area (Å²) in [4.78, 5) is 5.53. The zero-order valence-electron chi connectivity index (χ0n) is 9.15. The first kappa shape index (κ1) is 10.2. The van der Waals surface area contributed by atoms with Crippen molar-refractivity contribution in [1.82, 2.24) is 0 Å². The van der Waals surface area contributed by atoms with E-state index in [0.717, 1.165) is 22.3 Å². The fourth-order valence-corrected chi connectivity index (χ4v) is 2.15. The van der Waals surface area contributed by atoms with Gasteiger partial charge in [0.15, 0.2) is 0 Å². The molecule has 18 heavy (non-hydrogen) atoms. The second kappa shape index (κ2) is 3.82. The second-order valence-corrected chi connectivity index (χ2v) is 3.84. The Morgan fingerprint density at radius 1 is 0.667 bits per heavy atom. The summed E-state index contributed by atoms with van der Waals surface area (Å²) in [6, 6.07) is 11.0. The number of nitrogens with zero attached hydrogens (tertiary/aromatic N) is 6. The molecule has 2 aromatic carbocycles. The summed E-state index contributed by atoms with van der Waals surface area (Å²) < 4.78 is 0. The third-order valence-electron chi connectivity index (χ3n) is 2.91. The first-order valence-corrected chi connectivity index (χ1v) is 5.22. The van der Waals surface area contributed by atoms with Crippen LogP contribution in [0.1, 0.15) is 0 Å². The van der Waals surface area contributed by atoms with Crippen molar-refractivity contribution in [3.05, 3.63) is 57.3 Å². The van der Waals surface area contributed by atoms with Crippen LogP contribution in [0.15, 0.2) is 46.6 Å². The second-order valence-electron chi connectivity index (χ2n) is 3.84. The van der Waals surface area contributed by atoms with Gasteiger partial charge in [0.1, 0.15) is 0 Å². The normalized spacial score (nSPS) is 10.2. The SMILES string of the molecule is [N-]=[N+]=Nc1ccc2c(c1)-c1ccc(N=[N+]=[N-])cc1-2. The van der Waals surface area contributed by atoms with Crippen molar-refractivity contribution in [2.24, 2.45) is 10.2 Å². The van der Waals surface area contributed by atoms with Crippen LogP contribution >= 0.6 is 0 Å². The minimum atomic E-state index is 0.598. The van der Waals surface area contributed by atoms with Gasteiger partial charge in [-0.3, -0.25) is 0 Å². The van der Waals surface area contributed by atoms with Gasteiger partial charge in [-0.05, 0) is 45.4 Å². The summed E-state index contributed by atoms with van der Waals surface area (Å²) in [5.41, 5.74) is 22.3. The molecule has 0 spiro atoms. The van der Waals surface area contributed by atoms with Gasteiger partial charge in [0.2, 0.25) is 0 Å². The van der Waals surface area contributed by atoms with Gasteiger partial charge in [-0.15, -0.1) is 0 Å². The fourth-order valence-electron chi connectivity index (χ4n) is 2.15. The first-order valence-electron chi connectivity index (χ1n) is 5.22. The van der Waals surface area contributed by atoms with Gasteiger partial charge in [0, 0.05) is 21.2 Å². The molecule has 0 atom stereocenters. The predicted octanol–water partition coefficient (Wildman–Crippen LogP) is 5.22. The van der Waals surface area contributed by atoms with Gasteiger partial charge in [-0.2, -0.15) is 0 Å². The summed E-state index contributed by atoms with van der Waals surface area (Å²) in [5, 5.41) is 7.15. The van der Waals surface area contributed by atoms with Crippen LogP contribution in [0.2, 0.25) is 0 Å². The number of rotatable bonds is 2. The van der Waals surface area contributed by atoms with Gasteiger partial charge >= 0.3 is 0 Å². The minimum absolute atomic E-state index is 0.598. The molecule has 1 aliphatic carbocycles. The molecular weight excluding hydrogens is 228 g/mol. The molecule has 0 heterocycles. The van der Waals surface area contributed by atoms with E-state index < -0.39 is 0 Å². The van der Waals surface area contributed by atoms with Gasteiger partial charge in [-0.25, -0.2) is 0 Å². The first-order chi connectivity index (χ1) is 8.83. The predicted molar refractivity (Wildman–Crippen MR) is 68.5 cm³/mol. The highest BCUT2D eigenvalue weighted by Crippen LogP contribution is 2.49. The average molecular weight is 234 g/mol. The largest absolute Gasteiger partial charge is 0.0608 e. The Morgan fingerprint density at radius 3 is 1.50 bits per heavy atom. The van der Waals surface area contributed by atoms with Crippen LogP contribution in [0.4, 0.5) is 11.4 Å². The van der Waals surface area contributed by atoms with Crippen molar-refractivity contribution in [3.8, 4) is 22.3 Å². The lowest BCUT2D eigenvalue weighted by Crippen LogP contribution is -1.97. The van der Waals surface area contributed by atoms with Crippen molar-refractivity contribution >= 4 is 11.4 Å². The standard InChI is InChI=1S/C12H6N6/c13-17-15-7-1-3-9-11(5-7)10-4-2-8(16-18-14)6-12(9)10/h1-6H. The summed E-state index contributed by atoms with van der Waals surface area (Å²) in [6.07, 6.45) is 0. The van der Waals surface area contributed by atoms with E-state index >= 15 is 0 Å². The van der Waals surface area contributed by atoms with E-state index in [1.54, 1.807) is 12.1 Å². The van der Waals surface area contributed by atoms with Crippen molar-refractivity contribution in [2.75, 3.05) is 0 Å². The van der Waals surface area contributed by atoms with Gasteiger partial charge in [0.05, 0.1) is 0 Å². The number of benzene rings is 2. The Kier molecular flexibility index (Phi) is 2.17.